The van der Waals surface area contributed by atoms with Crippen LogP contribution in [0.3, 0.4) is 0 Å². The lowest BCUT2D eigenvalue weighted by Crippen LogP contribution is -2.20. The molecule has 0 heterocycles. The van der Waals surface area contributed by atoms with E-state index in [0.29, 0.717) is 19.5 Å². The van der Waals surface area contributed by atoms with Gasteiger partial charge in [-0.15, -0.1) is 6.58 Å². The molecule has 1 aromatic carbocycles. The van der Waals surface area contributed by atoms with E-state index in [0.717, 1.165) is 60.2 Å². The Balaban J connectivity index is 1.90. The van der Waals surface area contributed by atoms with Crippen LogP contribution in [0.4, 0.5) is 5.69 Å². The van der Waals surface area contributed by atoms with Crippen LogP contribution in [0.2, 0.25) is 0 Å². The van der Waals surface area contributed by atoms with E-state index < -0.39 is 0 Å². The molecule has 1 atom stereocenters. The quantitative estimate of drug-likeness (QED) is 0.115. The predicted molar refractivity (Wildman–Crippen MR) is 193 cm³/mol. The summed E-state index contributed by atoms with van der Waals surface area (Å²) in [5.41, 5.74) is 28.5. The molecule has 4 nitrogen and oxygen atoms in total. The van der Waals surface area contributed by atoms with Gasteiger partial charge >= 0.3 is 0 Å². The van der Waals surface area contributed by atoms with Gasteiger partial charge in [0.15, 0.2) is 0 Å². The number of hydrogen-bond donors (Lipinski definition) is 4. The van der Waals surface area contributed by atoms with Crippen molar-refractivity contribution in [2.75, 3.05) is 18.4 Å². The first-order valence-electron chi connectivity index (χ1n) is 15.6. The summed E-state index contributed by atoms with van der Waals surface area (Å²) in [4.78, 5) is 0. The summed E-state index contributed by atoms with van der Waals surface area (Å²) >= 11 is 0. The van der Waals surface area contributed by atoms with E-state index in [1.807, 2.05) is 43.4 Å². The number of nitrogens with one attached hydrogen (secondary N) is 1. The van der Waals surface area contributed by atoms with Gasteiger partial charge in [0.1, 0.15) is 0 Å². The van der Waals surface area contributed by atoms with E-state index in [-0.39, 0.29) is 5.92 Å². The maximum absolute atomic E-state index is 6.27. The third-order valence-corrected chi connectivity index (χ3v) is 7.82. The number of anilines is 1. The number of allylic oxidation sites excluding steroid dienone is 16. The smallest absolute Gasteiger partial charge is 0.0381 e. The van der Waals surface area contributed by atoms with E-state index >= 15 is 0 Å². The van der Waals surface area contributed by atoms with Crippen molar-refractivity contribution in [1.29, 1.82) is 0 Å². The van der Waals surface area contributed by atoms with E-state index in [2.05, 4.69) is 97.4 Å². The highest BCUT2D eigenvalue weighted by molar-refractivity contribution is 5.56. The molecular formula is C40H50N4. The van der Waals surface area contributed by atoms with Crippen molar-refractivity contribution in [3.63, 3.8) is 0 Å². The molecule has 0 radical (unpaired) electrons. The Morgan fingerprint density at radius 2 is 1.84 bits per heavy atom. The molecule has 0 fully saturated rings. The first kappa shape index (κ1) is 34.1. The molecule has 1 unspecified atom stereocenters. The first-order valence-corrected chi connectivity index (χ1v) is 15.6. The summed E-state index contributed by atoms with van der Waals surface area (Å²) in [6, 6.07) is 10.4. The highest BCUT2D eigenvalue weighted by atomic mass is 14.9. The second-order valence-electron chi connectivity index (χ2n) is 11.0. The normalized spacial score (nSPS) is 18.9. The number of para-hydroxylation sites is 1. The molecule has 4 heteroatoms. The van der Waals surface area contributed by atoms with E-state index in [4.69, 9.17) is 17.2 Å². The zero-order valence-electron chi connectivity index (χ0n) is 26.4. The molecule has 44 heavy (non-hydrogen) atoms. The second-order valence-corrected chi connectivity index (χ2v) is 11.0. The van der Waals surface area contributed by atoms with Gasteiger partial charge in [-0.1, -0.05) is 109 Å². The molecule has 2 aliphatic carbocycles. The molecular weight excluding hydrogens is 536 g/mol. The van der Waals surface area contributed by atoms with Crippen LogP contribution in [0, 0.1) is 5.92 Å². The molecule has 0 amide bonds. The molecule has 7 N–H and O–H groups in total. The van der Waals surface area contributed by atoms with Gasteiger partial charge in [0, 0.05) is 42.5 Å². The summed E-state index contributed by atoms with van der Waals surface area (Å²) in [6.45, 7) is 11.1. The van der Waals surface area contributed by atoms with Crippen LogP contribution in [0.25, 0.3) is 0 Å². The zero-order valence-corrected chi connectivity index (χ0v) is 26.4. The average Bonchev–Trinajstić information content (AvgIpc) is 3.05. The van der Waals surface area contributed by atoms with Crippen molar-refractivity contribution in [3.05, 3.63) is 173 Å². The lowest BCUT2D eigenvalue weighted by molar-refractivity contribution is 0.660. The molecule has 0 aromatic heterocycles. The molecule has 230 valence electrons. The largest absolute Gasteiger partial charge is 0.402 e. The van der Waals surface area contributed by atoms with Crippen LogP contribution in [0.5, 0.6) is 0 Å². The summed E-state index contributed by atoms with van der Waals surface area (Å²) in [5, 5.41) is 3.78. The molecule has 0 aliphatic heterocycles. The Morgan fingerprint density at radius 3 is 2.52 bits per heavy atom. The standard InChI is InChI=1S/C40H50N4/c1-4-15-36(43)21-13-12-16-31(3)24-26-38(33-18-8-6-9-19-33)39-27-25-34(28-40(39)44-37-22-10-7-11-23-37)35(30-42)20-14-17-32(5-2)29-41/h4-14,17-18,20-23,25,28,39,44H,1,3,15-16,19,24,26-27,29-30,41-43H2,2H3/b13-12-,17-14+,32-5-,35-20+,36-21-,38-33+. The van der Waals surface area contributed by atoms with E-state index in [9.17, 15) is 0 Å². The highest BCUT2D eigenvalue weighted by Gasteiger charge is 2.25. The SMILES string of the molecule is C=CC/C(N)=C/C=C\CC(=C)CC/C(=C1/C=CC=CC1)C1CC=C(/C(=C/C=C/C(=C/C)CN)CN)C=C1Nc1ccccc1. The minimum Gasteiger partial charge on any atom is -0.402 e. The maximum Gasteiger partial charge on any atom is 0.0381 e. The van der Waals surface area contributed by atoms with Crippen LogP contribution < -0.4 is 22.5 Å². The topological polar surface area (TPSA) is 90.1 Å². The third-order valence-electron chi connectivity index (χ3n) is 7.82. The van der Waals surface area contributed by atoms with Crippen LogP contribution in [0.1, 0.15) is 45.4 Å². The van der Waals surface area contributed by atoms with Crippen LogP contribution in [0.15, 0.2) is 173 Å². The molecule has 3 rings (SSSR count). The fourth-order valence-electron chi connectivity index (χ4n) is 5.30. The maximum atomic E-state index is 6.27. The van der Waals surface area contributed by atoms with Gasteiger partial charge < -0.3 is 22.5 Å². The van der Waals surface area contributed by atoms with Crippen LogP contribution in [-0.2, 0) is 0 Å². The van der Waals surface area contributed by atoms with Gasteiger partial charge in [0.05, 0.1) is 0 Å². The molecule has 0 saturated heterocycles. The predicted octanol–water partition coefficient (Wildman–Crippen LogP) is 8.79. The van der Waals surface area contributed by atoms with E-state index in [1.165, 1.54) is 22.4 Å². The van der Waals surface area contributed by atoms with Gasteiger partial charge in [-0.05, 0) is 85.6 Å². The molecule has 0 spiro atoms. The Bertz CT molecular complexity index is 1430. The Hall–Kier alpha value is -4.38. The lowest BCUT2D eigenvalue weighted by Gasteiger charge is -2.30. The molecule has 2 aliphatic rings. The zero-order chi connectivity index (χ0) is 31.6. The van der Waals surface area contributed by atoms with E-state index in [1.54, 1.807) is 0 Å². The van der Waals surface area contributed by atoms with Crippen LogP contribution >= 0.6 is 0 Å². The van der Waals surface area contributed by atoms with Gasteiger partial charge in [-0.25, -0.2) is 0 Å². The molecule has 0 bridgehead atoms. The van der Waals surface area contributed by atoms with Crippen molar-refractivity contribution in [3.8, 4) is 0 Å². The van der Waals surface area contributed by atoms with Crippen molar-refractivity contribution in [1.82, 2.24) is 0 Å². The number of benzene rings is 1. The summed E-state index contributed by atoms with van der Waals surface area (Å²) in [5.74, 6) is 0.219. The third kappa shape index (κ3) is 11.0. The fraction of sp³-hybridized carbons (Fsp3) is 0.250. The Kier molecular flexibility index (Phi) is 14.7. The van der Waals surface area contributed by atoms with Crippen molar-refractivity contribution in [2.45, 2.75) is 45.4 Å². The van der Waals surface area contributed by atoms with Gasteiger partial charge in [-0.2, -0.15) is 0 Å². The monoisotopic (exact) mass is 586 g/mol. The number of hydrogen-bond acceptors (Lipinski definition) is 4. The van der Waals surface area contributed by atoms with Crippen molar-refractivity contribution in [2.24, 2.45) is 23.1 Å². The van der Waals surface area contributed by atoms with Gasteiger partial charge in [0.25, 0.3) is 0 Å². The summed E-state index contributed by atoms with van der Waals surface area (Å²) < 4.78 is 0. The minimum absolute atomic E-state index is 0.219. The van der Waals surface area contributed by atoms with Gasteiger partial charge in [-0.3, -0.25) is 0 Å². The minimum atomic E-state index is 0.219. The summed E-state index contributed by atoms with van der Waals surface area (Å²) in [7, 11) is 0. The molecule has 1 aromatic rings. The summed E-state index contributed by atoms with van der Waals surface area (Å²) in [6.07, 6.45) is 34.8. The second kappa shape index (κ2) is 19.0. The Labute approximate surface area is 265 Å². The Morgan fingerprint density at radius 1 is 1.02 bits per heavy atom. The lowest BCUT2D eigenvalue weighted by atomic mass is 9.79. The van der Waals surface area contributed by atoms with Crippen molar-refractivity contribution < 1.29 is 0 Å². The average molecular weight is 587 g/mol. The van der Waals surface area contributed by atoms with Crippen LogP contribution in [-0.4, -0.2) is 13.1 Å². The molecule has 0 saturated carbocycles. The van der Waals surface area contributed by atoms with Crippen molar-refractivity contribution >= 4 is 5.69 Å². The fourth-order valence-corrected chi connectivity index (χ4v) is 5.30. The highest BCUT2D eigenvalue weighted by Crippen LogP contribution is 2.38. The number of rotatable bonds is 16. The van der Waals surface area contributed by atoms with Gasteiger partial charge in [0.2, 0.25) is 0 Å². The first-order chi connectivity index (χ1) is 21.5. The number of nitrogens with two attached hydrogens (primary N) is 3.